The number of esters is 3. The van der Waals surface area contributed by atoms with Gasteiger partial charge in [-0.3, -0.25) is 14.4 Å². The lowest BCUT2D eigenvalue weighted by molar-refractivity contribution is -0.152. The molecule has 3 atom stereocenters. The summed E-state index contributed by atoms with van der Waals surface area (Å²) in [4.78, 5) is 35.4. The van der Waals surface area contributed by atoms with E-state index < -0.39 is 54.6 Å². The average molecular weight is 489 g/mol. The van der Waals surface area contributed by atoms with Crippen LogP contribution < -0.4 is 0 Å². The lowest BCUT2D eigenvalue weighted by Crippen LogP contribution is -2.46. The van der Waals surface area contributed by atoms with E-state index in [1.54, 1.807) is 0 Å². The number of aliphatic hydroxyl groups excluding tert-OH is 4. The molecule has 10 nitrogen and oxygen atoms in total. The number of ether oxygens (including phenoxy) is 3. The van der Waals surface area contributed by atoms with Crippen molar-refractivity contribution in [1.29, 1.82) is 0 Å². The second-order valence-corrected chi connectivity index (χ2v) is 10.6. The number of hydrogen-bond donors (Lipinski definition) is 4. The van der Waals surface area contributed by atoms with Gasteiger partial charge in [0, 0.05) is 13.8 Å². The fourth-order valence-corrected chi connectivity index (χ4v) is 6.36. The van der Waals surface area contributed by atoms with Gasteiger partial charge in [0.05, 0.1) is 50.3 Å². The van der Waals surface area contributed by atoms with Gasteiger partial charge in [-0.05, 0) is 55.8 Å². The molecular formula is C24H40O10. The number of methoxy groups -OCH3 is 1. The van der Waals surface area contributed by atoms with Crippen molar-refractivity contribution in [3.05, 3.63) is 0 Å². The monoisotopic (exact) mass is 488 g/mol. The molecular weight excluding hydrogens is 448 g/mol. The lowest BCUT2D eigenvalue weighted by atomic mass is 9.62. The Morgan fingerprint density at radius 1 is 0.824 bits per heavy atom. The van der Waals surface area contributed by atoms with Crippen molar-refractivity contribution in [2.45, 2.75) is 52.4 Å². The maximum Gasteiger partial charge on any atom is 0.308 e. The van der Waals surface area contributed by atoms with Gasteiger partial charge < -0.3 is 34.6 Å². The average Bonchev–Trinajstić information content (AvgIpc) is 3.36. The van der Waals surface area contributed by atoms with Crippen LogP contribution in [-0.4, -0.2) is 85.1 Å². The molecule has 0 aromatic heterocycles. The van der Waals surface area contributed by atoms with Gasteiger partial charge in [0.15, 0.2) is 0 Å². The minimum Gasteiger partial charge on any atom is -0.469 e. The van der Waals surface area contributed by atoms with E-state index in [1.165, 1.54) is 21.0 Å². The summed E-state index contributed by atoms with van der Waals surface area (Å²) in [7, 11) is 1.36. The lowest BCUT2D eigenvalue weighted by Gasteiger charge is -2.45. The summed E-state index contributed by atoms with van der Waals surface area (Å²) in [5.74, 6) is -1.41. The molecule has 2 fully saturated rings. The van der Waals surface area contributed by atoms with Crippen molar-refractivity contribution in [3.8, 4) is 0 Å². The van der Waals surface area contributed by atoms with Crippen LogP contribution in [0.5, 0.6) is 0 Å². The molecule has 0 aromatic rings. The Morgan fingerprint density at radius 2 is 1.29 bits per heavy atom. The highest BCUT2D eigenvalue weighted by Crippen LogP contribution is 2.62. The number of fused-ring (bicyclic) bond motifs is 1. The van der Waals surface area contributed by atoms with E-state index in [4.69, 9.17) is 14.2 Å². The first-order chi connectivity index (χ1) is 16.0. The van der Waals surface area contributed by atoms with Crippen molar-refractivity contribution in [2.75, 3.05) is 46.8 Å². The molecule has 0 spiro atoms. The molecule has 3 unspecified atom stereocenters. The van der Waals surface area contributed by atoms with E-state index >= 15 is 0 Å². The molecule has 0 bridgehead atoms. The molecule has 2 rings (SSSR count). The zero-order valence-corrected chi connectivity index (χ0v) is 20.5. The second-order valence-electron chi connectivity index (χ2n) is 10.6. The first kappa shape index (κ1) is 28.5. The first-order valence-electron chi connectivity index (χ1n) is 11.8. The summed E-state index contributed by atoms with van der Waals surface area (Å²) in [6.45, 7) is 0.347. The number of carbonyl (C=O) groups is 3. The molecule has 0 amide bonds. The molecule has 2 aliphatic carbocycles. The zero-order chi connectivity index (χ0) is 25.6. The molecule has 0 radical (unpaired) electrons. The summed E-state index contributed by atoms with van der Waals surface area (Å²) < 4.78 is 15.4. The van der Waals surface area contributed by atoms with Crippen LogP contribution in [0.1, 0.15) is 52.4 Å². The van der Waals surface area contributed by atoms with Gasteiger partial charge in [-0.2, -0.15) is 0 Å². The van der Waals surface area contributed by atoms with Crippen LogP contribution in [0.25, 0.3) is 0 Å². The van der Waals surface area contributed by atoms with E-state index in [0.717, 1.165) is 12.8 Å². The Balaban J connectivity index is 2.43. The maximum atomic E-state index is 12.4. The molecule has 0 aromatic carbocycles. The van der Waals surface area contributed by atoms with Gasteiger partial charge >= 0.3 is 17.9 Å². The van der Waals surface area contributed by atoms with Gasteiger partial charge in [-0.1, -0.05) is 0 Å². The van der Waals surface area contributed by atoms with Crippen LogP contribution in [0.4, 0.5) is 0 Å². The highest BCUT2D eigenvalue weighted by molar-refractivity contribution is 5.73. The summed E-state index contributed by atoms with van der Waals surface area (Å²) >= 11 is 0. The molecule has 196 valence electrons. The van der Waals surface area contributed by atoms with Gasteiger partial charge in [0.2, 0.25) is 0 Å². The third-order valence-corrected chi connectivity index (χ3v) is 7.84. The van der Waals surface area contributed by atoms with Crippen LogP contribution in [0, 0.1) is 34.0 Å². The van der Waals surface area contributed by atoms with Crippen LogP contribution in [-0.2, 0) is 28.6 Å². The van der Waals surface area contributed by atoms with Crippen LogP contribution in [0.2, 0.25) is 0 Å². The van der Waals surface area contributed by atoms with Crippen LogP contribution in [0.3, 0.4) is 0 Å². The largest absolute Gasteiger partial charge is 0.469 e. The molecule has 2 aliphatic rings. The molecule has 2 saturated carbocycles. The Morgan fingerprint density at radius 3 is 1.68 bits per heavy atom. The van der Waals surface area contributed by atoms with Crippen molar-refractivity contribution in [3.63, 3.8) is 0 Å². The molecule has 4 N–H and O–H groups in total. The predicted molar refractivity (Wildman–Crippen MR) is 119 cm³/mol. The van der Waals surface area contributed by atoms with Crippen molar-refractivity contribution in [1.82, 2.24) is 0 Å². The number of hydrogen-bond acceptors (Lipinski definition) is 10. The second kappa shape index (κ2) is 11.8. The topological polar surface area (TPSA) is 160 Å². The smallest absolute Gasteiger partial charge is 0.308 e. The molecule has 10 heteroatoms. The number of carbonyl (C=O) groups excluding carboxylic acids is 3. The minimum atomic E-state index is -1.15. The first-order valence-corrected chi connectivity index (χ1v) is 11.8. The van der Waals surface area contributed by atoms with E-state index in [-0.39, 0.29) is 49.8 Å². The molecule has 0 heterocycles. The van der Waals surface area contributed by atoms with Gasteiger partial charge in [0.1, 0.15) is 13.2 Å². The van der Waals surface area contributed by atoms with Gasteiger partial charge in [-0.15, -0.1) is 0 Å². The number of aliphatic hydroxyl groups is 4. The van der Waals surface area contributed by atoms with E-state index in [1.807, 2.05) is 0 Å². The summed E-state index contributed by atoms with van der Waals surface area (Å²) in [5.41, 5.74) is -2.93. The van der Waals surface area contributed by atoms with Crippen LogP contribution in [0.15, 0.2) is 0 Å². The summed E-state index contributed by atoms with van der Waals surface area (Å²) in [6.07, 6.45) is 3.19. The SMILES string of the molecule is COC(=O)C1CCC2CC(CC(CO)(CO)COC(C)=O)(CC(CO)(CO)COC(C)=O)CC21. The molecule has 0 saturated heterocycles. The predicted octanol–water partition coefficient (Wildman–Crippen LogP) is 0.430. The van der Waals surface area contributed by atoms with Crippen molar-refractivity contribution < 1.29 is 49.0 Å². The van der Waals surface area contributed by atoms with E-state index in [2.05, 4.69) is 0 Å². The normalized spacial score (nSPS) is 23.9. The van der Waals surface area contributed by atoms with Gasteiger partial charge in [-0.25, -0.2) is 0 Å². The fourth-order valence-electron chi connectivity index (χ4n) is 6.36. The van der Waals surface area contributed by atoms with Gasteiger partial charge in [0.25, 0.3) is 0 Å². The van der Waals surface area contributed by atoms with Crippen molar-refractivity contribution in [2.24, 2.45) is 34.0 Å². The fraction of sp³-hybridized carbons (Fsp3) is 0.875. The zero-order valence-electron chi connectivity index (χ0n) is 20.5. The Labute approximate surface area is 200 Å². The van der Waals surface area contributed by atoms with E-state index in [9.17, 15) is 34.8 Å². The Bertz CT molecular complexity index is 677. The third-order valence-electron chi connectivity index (χ3n) is 7.84. The quantitative estimate of drug-likeness (QED) is 0.211. The standard InChI is InChI=1S/C24H40O10/c1-16(29)33-14-23(10-25,11-26)8-22(9-24(12-27,13-28)15-34-17(2)30)6-18-4-5-19(20(18)7-22)21(31)32-3/h18-20,25-28H,4-15H2,1-3H3. The molecule has 34 heavy (non-hydrogen) atoms. The number of rotatable bonds is 13. The Kier molecular flexibility index (Phi) is 9.88. The van der Waals surface area contributed by atoms with E-state index in [0.29, 0.717) is 12.8 Å². The third kappa shape index (κ3) is 6.47. The van der Waals surface area contributed by atoms with Crippen molar-refractivity contribution >= 4 is 17.9 Å². The summed E-state index contributed by atoms with van der Waals surface area (Å²) in [5, 5.41) is 41.0. The minimum absolute atomic E-state index is 0.0140. The van der Waals surface area contributed by atoms with Crippen LogP contribution >= 0.6 is 0 Å². The summed E-state index contributed by atoms with van der Waals surface area (Å²) in [6, 6.07) is 0. The molecule has 0 aliphatic heterocycles. The highest BCUT2D eigenvalue weighted by Gasteiger charge is 2.57. The maximum absolute atomic E-state index is 12.4. The Hall–Kier alpha value is -1.75. The highest BCUT2D eigenvalue weighted by atomic mass is 16.5.